The number of methoxy groups -OCH3 is 1. The highest BCUT2D eigenvalue weighted by molar-refractivity contribution is 6.04. The van der Waals surface area contributed by atoms with Crippen LogP contribution in [0.3, 0.4) is 0 Å². The number of urea groups is 1. The summed E-state index contributed by atoms with van der Waals surface area (Å²) in [6.07, 6.45) is 4.74. The SMILES string of the molecule is CCCCN1CCC(Oc2ccc(C(=O)Nc3ccc(Oc4ccc(NC(=O)NC(C)C)c(OC)c4)cc3)cc2)CC1. The van der Waals surface area contributed by atoms with Gasteiger partial charge in [0.05, 0.1) is 12.8 Å². The van der Waals surface area contributed by atoms with Gasteiger partial charge in [-0.2, -0.15) is 0 Å². The molecule has 3 N–H and O–H groups in total. The number of likely N-dealkylation sites (tertiary alicyclic amines) is 1. The van der Waals surface area contributed by atoms with Gasteiger partial charge in [0, 0.05) is 36.4 Å². The van der Waals surface area contributed by atoms with Crippen molar-refractivity contribution >= 4 is 23.3 Å². The summed E-state index contributed by atoms with van der Waals surface area (Å²) in [5.41, 5.74) is 1.74. The second-order valence-electron chi connectivity index (χ2n) is 10.7. The number of ether oxygens (including phenoxy) is 3. The van der Waals surface area contributed by atoms with Crippen LogP contribution in [0.25, 0.3) is 0 Å². The lowest BCUT2D eigenvalue weighted by molar-refractivity contribution is 0.0996. The van der Waals surface area contributed by atoms with E-state index in [1.54, 1.807) is 54.6 Å². The van der Waals surface area contributed by atoms with Gasteiger partial charge in [-0.3, -0.25) is 4.79 Å². The third-order valence-electron chi connectivity index (χ3n) is 6.97. The van der Waals surface area contributed by atoms with E-state index in [1.807, 2.05) is 26.0 Å². The number of amides is 3. The fourth-order valence-electron chi connectivity index (χ4n) is 4.71. The summed E-state index contributed by atoms with van der Waals surface area (Å²) in [5, 5.41) is 8.47. The number of hydrogen-bond donors (Lipinski definition) is 3. The Morgan fingerprint density at radius 2 is 1.57 bits per heavy atom. The van der Waals surface area contributed by atoms with E-state index in [4.69, 9.17) is 14.2 Å². The van der Waals surface area contributed by atoms with Crippen molar-refractivity contribution in [2.75, 3.05) is 37.4 Å². The summed E-state index contributed by atoms with van der Waals surface area (Å²) in [5.74, 6) is 2.20. The predicted octanol–water partition coefficient (Wildman–Crippen LogP) is 6.91. The van der Waals surface area contributed by atoms with Gasteiger partial charge in [-0.25, -0.2) is 4.79 Å². The van der Waals surface area contributed by atoms with Crippen LogP contribution in [-0.4, -0.2) is 55.7 Å². The minimum atomic E-state index is -0.312. The maximum Gasteiger partial charge on any atom is 0.319 e. The molecular weight excluding hydrogens is 532 g/mol. The van der Waals surface area contributed by atoms with Crippen molar-refractivity contribution in [3.63, 3.8) is 0 Å². The highest BCUT2D eigenvalue weighted by Crippen LogP contribution is 2.32. The molecule has 0 unspecified atom stereocenters. The molecule has 1 heterocycles. The highest BCUT2D eigenvalue weighted by Gasteiger charge is 2.20. The molecule has 0 saturated carbocycles. The standard InChI is InChI=1S/C33H42N4O5/c1-5-6-19-37-20-17-28(18-21-37)41-26-11-7-24(8-12-26)32(38)35-25-9-13-27(14-10-25)42-29-15-16-30(31(22-29)40-4)36-33(39)34-23(2)3/h7-16,22-23,28H,5-6,17-21H2,1-4H3,(H,35,38)(H2,34,36,39). The van der Waals surface area contributed by atoms with Gasteiger partial charge in [0.15, 0.2) is 0 Å². The molecule has 0 atom stereocenters. The van der Waals surface area contributed by atoms with Crippen LogP contribution in [-0.2, 0) is 0 Å². The smallest absolute Gasteiger partial charge is 0.319 e. The van der Waals surface area contributed by atoms with Crippen LogP contribution in [0.1, 0.15) is 56.8 Å². The van der Waals surface area contributed by atoms with Gasteiger partial charge < -0.3 is 35.1 Å². The number of unbranched alkanes of at least 4 members (excludes halogenated alkanes) is 1. The Morgan fingerprint density at radius 1 is 0.905 bits per heavy atom. The van der Waals surface area contributed by atoms with Gasteiger partial charge in [-0.05, 0) is 100 Å². The molecule has 9 nitrogen and oxygen atoms in total. The first-order valence-electron chi connectivity index (χ1n) is 14.7. The van der Waals surface area contributed by atoms with Crippen LogP contribution in [0.5, 0.6) is 23.0 Å². The van der Waals surface area contributed by atoms with Crippen LogP contribution in [0.15, 0.2) is 66.7 Å². The maximum atomic E-state index is 12.8. The number of carbonyl (C=O) groups is 2. The minimum Gasteiger partial charge on any atom is -0.494 e. The number of nitrogens with zero attached hydrogens (tertiary/aromatic N) is 1. The molecule has 4 rings (SSSR count). The summed E-state index contributed by atoms with van der Waals surface area (Å²) >= 11 is 0. The number of hydrogen-bond acceptors (Lipinski definition) is 6. The normalized spacial score (nSPS) is 13.8. The highest BCUT2D eigenvalue weighted by atomic mass is 16.5. The summed E-state index contributed by atoms with van der Waals surface area (Å²) in [6, 6.07) is 19.3. The third kappa shape index (κ3) is 9.14. The number of carbonyl (C=O) groups excluding carboxylic acids is 2. The average molecular weight is 575 g/mol. The van der Waals surface area contributed by atoms with E-state index in [9.17, 15) is 9.59 Å². The van der Waals surface area contributed by atoms with Crippen LogP contribution in [0, 0.1) is 0 Å². The Morgan fingerprint density at radius 3 is 2.21 bits per heavy atom. The van der Waals surface area contributed by atoms with Gasteiger partial charge in [0.25, 0.3) is 5.91 Å². The van der Waals surface area contributed by atoms with Crippen molar-refractivity contribution in [3.05, 3.63) is 72.3 Å². The Bertz CT molecular complexity index is 1300. The minimum absolute atomic E-state index is 0.0137. The number of rotatable bonds is 12. The molecule has 9 heteroatoms. The van der Waals surface area contributed by atoms with Gasteiger partial charge in [0.2, 0.25) is 0 Å². The van der Waals surface area contributed by atoms with E-state index < -0.39 is 0 Å². The van der Waals surface area contributed by atoms with E-state index in [-0.39, 0.29) is 24.1 Å². The molecule has 3 aromatic rings. The topological polar surface area (TPSA) is 101 Å². The van der Waals surface area contributed by atoms with Crippen molar-refractivity contribution in [1.29, 1.82) is 0 Å². The van der Waals surface area contributed by atoms with Crippen LogP contribution in [0.2, 0.25) is 0 Å². The first kappa shape index (κ1) is 30.7. The zero-order chi connectivity index (χ0) is 29.9. The first-order valence-corrected chi connectivity index (χ1v) is 14.7. The van der Waals surface area contributed by atoms with Crippen molar-refractivity contribution in [3.8, 4) is 23.0 Å². The van der Waals surface area contributed by atoms with E-state index in [2.05, 4.69) is 27.8 Å². The number of benzene rings is 3. The lowest BCUT2D eigenvalue weighted by atomic mass is 10.1. The summed E-state index contributed by atoms with van der Waals surface area (Å²) in [6.45, 7) is 9.32. The molecule has 3 aromatic carbocycles. The largest absolute Gasteiger partial charge is 0.494 e. The molecule has 42 heavy (non-hydrogen) atoms. The molecule has 0 radical (unpaired) electrons. The van der Waals surface area contributed by atoms with Crippen LogP contribution >= 0.6 is 0 Å². The van der Waals surface area contributed by atoms with E-state index in [0.717, 1.165) is 31.7 Å². The Balaban J connectivity index is 1.27. The number of nitrogens with one attached hydrogen (secondary N) is 3. The predicted molar refractivity (Wildman–Crippen MR) is 166 cm³/mol. The maximum absolute atomic E-state index is 12.8. The Kier molecular flexibility index (Phi) is 11.1. The average Bonchev–Trinajstić information content (AvgIpc) is 2.98. The van der Waals surface area contributed by atoms with Gasteiger partial charge in [-0.1, -0.05) is 13.3 Å². The lowest BCUT2D eigenvalue weighted by Gasteiger charge is -2.32. The quantitative estimate of drug-likeness (QED) is 0.217. The lowest BCUT2D eigenvalue weighted by Crippen LogP contribution is -2.38. The van der Waals surface area contributed by atoms with E-state index in [1.165, 1.54) is 26.5 Å². The monoisotopic (exact) mass is 574 g/mol. The second-order valence-corrected chi connectivity index (χ2v) is 10.7. The summed E-state index contributed by atoms with van der Waals surface area (Å²) < 4.78 is 17.5. The Hall–Kier alpha value is -4.24. The van der Waals surface area contributed by atoms with Crippen LogP contribution < -0.4 is 30.2 Å². The fraction of sp³-hybridized carbons (Fsp3) is 0.394. The molecule has 1 aliphatic rings. The fourth-order valence-corrected chi connectivity index (χ4v) is 4.71. The molecule has 0 bridgehead atoms. The van der Waals surface area contributed by atoms with Gasteiger partial charge in [-0.15, -0.1) is 0 Å². The van der Waals surface area contributed by atoms with Crippen LogP contribution in [0.4, 0.5) is 16.2 Å². The van der Waals surface area contributed by atoms with E-state index >= 15 is 0 Å². The first-order chi connectivity index (χ1) is 20.3. The van der Waals surface area contributed by atoms with Crippen molar-refractivity contribution in [1.82, 2.24) is 10.2 Å². The van der Waals surface area contributed by atoms with Crippen molar-refractivity contribution in [2.24, 2.45) is 0 Å². The zero-order valence-electron chi connectivity index (χ0n) is 24.9. The summed E-state index contributed by atoms with van der Waals surface area (Å²) in [7, 11) is 1.53. The van der Waals surface area contributed by atoms with Crippen molar-refractivity contribution in [2.45, 2.75) is 58.6 Å². The molecule has 1 fully saturated rings. The third-order valence-corrected chi connectivity index (χ3v) is 6.97. The number of anilines is 2. The number of piperidine rings is 1. The molecule has 0 spiro atoms. The summed E-state index contributed by atoms with van der Waals surface area (Å²) in [4.78, 5) is 27.4. The molecule has 0 aliphatic carbocycles. The molecule has 1 saturated heterocycles. The van der Waals surface area contributed by atoms with Gasteiger partial charge in [0.1, 0.15) is 29.1 Å². The molecule has 224 valence electrons. The van der Waals surface area contributed by atoms with Crippen molar-refractivity contribution < 1.29 is 23.8 Å². The van der Waals surface area contributed by atoms with E-state index in [0.29, 0.717) is 34.2 Å². The zero-order valence-corrected chi connectivity index (χ0v) is 24.9. The second kappa shape index (κ2) is 15.1. The molecule has 0 aromatic heterocycles. The molecular formula is C33H42N4O5. The molecule has 1 aliphatic heterocycles. The Labute approximate surface area is 248 Å². The van der Waals surface area contributed by atoms with Gasteiger partial charge >= 0.3 is 6.03 Å². The molecule has 3 amide bonds.